The Hall–Kier alpha value is -2.84. The van der Waals surface area contributed by atoms with Crippen LogP contribution in [0.3, 0.4) is 0 Å². The number of ketones is 1. The van der Waals surface area contributed by atoms with Gasteiger partial charge in [-0.05, 0) is 42.6 Å². The van der Waals surface area contributed by atoms with Crippen molar-refractivity contribution in [2.45, 2.75) is 13.5 Å². The largest absolute Gasteiger partial charge is 0.347 e. The number of benzene rings is 1. The molecule has 3 aromatic rings. The number of nitro groups is 1. The highest BCUT2D eigenvalue weighted by Gasteiger charge is 2.15. The van der Waals surface area contributed by atoms with Gasteiger partial charge in [0.25, 0.3) is 11.6 Å². The lowest BCUT2D eigenvalue weighted by Crippen LogP contribution is -2.22. The van der Waals surface area contributed by atoms with Gasteiger partial charge in [0, 0.05) is 22.1 Å². The topological polar surface area (TPSA) is 89.3 Å². The van der Waals surface area contributed by atoms with Gasteiger partial charge in [-0.2, -0.15) is 0 Å². The summed E-state index contributed by atoms with van der Waals surface area (Å²) in [6, 6.07) is 11.4. The summed E-state index contributed by atoms with van der Waals surface area (Å²) in [4.78, 5) is 37.0. The van der Waals surface area contributed by atoms with Crippen LogP contribution in [0.25, 0.3) is 0 Å². The van der Waals surface area contributed by atoms with E-state index in [1.54, 1.807) is 19.1 Å². The fourth-order valence-corrected chi connectivity index (χ4v) is 4.04. The summed E-state index contributed by atoms with van der Waals surface area (Å²) >= 11 is 2.73. The lowest BCUT2D eigenvalue weighted by Gasteiger charge is -2.05. The second-order valence-corrected chi connectivity index (χ2v) is 7.63. The average Bonchev–Trinajstić information content (AvgIpc) is 3.30. The van der Waals surface area contributed by atoms with Crippen molar-refractivity contribution < 1.29 is 14.5 Å². The zero-order chi connectivity index (χ0) is 18.7. The van der Waals surface area contributed by atoms with Crippen molar-refractivity contribution in [3.63, 3.8) is 0 Å². The molecule has 1 N–H and O–H groups in total. The summed E-state index contributed by atoms with van der Waals surface area (Å²) < 4.78 is 0. The van der Waals surface area contributed by atoms with Crippen molar-refractivity contribution in [1.29, 1.82) is 0 Å². The smallest absolute Gasteiger partial charge is 0.272 e. The quantitative estimate of drug-likeness (QED) is 0.391. The molecule has 0 spiro atoms. The van der Waals surface area contributed by atoms with Gasteiger partial charge in [-0.3, -0.25) is 19.7 Å². The number of rotatable bonds is 6. The molecule has 132 valence electrons. The maximum absolute atomic E-state index is 12.3. The molecule has 6 nitrogen and oxygen atoms in total. The predicted octanol–water partition coefficient (Wildman–Crippen LogP) is 4.19. The first kappa shape index (κ1) is 18.0. The SMILES string of the molecule is Cc1cc(C(=O)NCc2ccc(C(=O)c3cccs3)s2)ccc1[N+](=O)[O-]. The van der Waals surface area contributed by atoms with Crippen LogP contribution in [0.1, 0.15) is 35.3 Å². The van der Waals surface area contributed by atoms with E-state index in [9.17, 15) is 19.7 Å². The van der Waals surface area contributed by atoms with Crippen LogP contribution >= 0.6 is 22.7 Å². The number of nitrogens with one attached hydrogen (secondary N) is 1. The van der Waals surface area contributed by atoms with E-state index in [1.165, 1.54) is 40.9 Å². The number of hydrogen-bond donors (Lipinski definition) is 1. The summed E-state index contributed by atoms with van der Waals surface area (Å²) in [7, 11) is 0. The zero-order valence-corrected chi connectivity index (χ0v) is 15.4. The minimum atomic E-state index is -0.477. The van der Waals surface area contributed by atoms with E-state index in [1.807, 2.05) is 17.5 Å². The zero-order valence-electron chi connectivity index (χ0n) is 13.7. The van der Waals surface area contributed by atoms with E-state index in [4.69, 9.17) is 0 Å². The monoisotopic (exact) mass is 386 g/mol. The summed E-state index contributed by atoms with van der Waals surface area (Å²) in [5.41, 5.74) is 0.777. The first-order valence-corrected chi connectivity index (χ1v) is 9.35. The van der Waals surface area contributed by atoms with Crippen molar-refractivity contribution in [3.05, 3.63) is 83.7 Å². The average molecular weight is 386 g/mol. The van der Waals surface area contributed by atoms with Gasteiger partial charge in [0.05, 0.1) is 21.2 Å². The lowest BCUT2D eigenvalue weighted by atomic mass is 10.1. The van der Waals surface area contributed by atoms with Crippen LogP contribution in [0.5, 0.6) is 0 Å². The third-order valence-corrected chi connectivity index (χ3v) is 5.66. The van der Waals surface area contributed by atoms with Crippen molar-refractivity contribution in [3.8, 4) is 0 Å². The van der Waals surface area contributed by atoms with Gasteiger partial charge in [0.2, 0.25) is 5.78 Å². The molecular weight excluding hydrogens is 372 g/mol. The number of amides is 1. The van der Waals surface area contributed by atoms with Gasteiger partial charge in [-0.1, -0.05) is 6.07 Å². The number of nitrogens with zero attached hydrogens (tertiary/aromatic N) is 1. The number of hydrogen-bond acceptors (Lipinski definition) is 6. The number of carbonyl (C=O) groups is 2. The molecule has 26 heavy (non-hydrogen) atoms. The molecule has 0 aliphatic carbocycles. The van der Waals surface area contributed by atoms with Crippen LogP contribution < -0.4 is 5.32 Å². The van der Waals surface area contributed by atoms with Crippen LogP contribution in [0.15, 0.2) is 47.8 Å². The van der Waals surface area contributed by atoms with E-state index >= 15 is 0 Å². The minimum absolute atomic E-state index is 0.0171. The van der Waals surface area contributed by atoms with Gasteiger partial charge in [0.15, 0.2) is 0 Å². The highest BCUT2D eigenvalue weighted by molar-refractivity contribution is 7.16. The Morgan fingerprint density at radius 1 is 1.15 bits per heavy atom. The molecule has 1 amide bonds. The third-order valence-electron chi connectivity index (χ3n) is 3.71. The lowest BCUT2D eigenvalue weighted by molar-refractivity contribution is -0.385. The van der Waals surface area contributed by atoms with E-state index in [-0.39, 0.29) is 23.9 Å². The van der Waals surface area contributed by atoms with Crippen molar-refractivity contribution >= 4 is 40.1 Å². The summed E-state index contributed by atoms with van der Waals surface area (Å²) in [5, 5.41) is 15.5. The van der Waals surface area contributed by atoms with Crippen LogP contribution in [-0.4, -0.2) is 16.6 Å². The summed E-state index contributed by atoms with van der Waals surface area (Å²) in [5.74, 6) is -0.337. The molecule has 0 saturated heterocycles. The van der Waals surface area contributed by atoms with Crippen LogP contribution in [-0.2, 0) is 6.54 Å². The Bertz CT molecular complexity index is 977. The predicted molar refractivity (Wildman–Crippen MR) is 101 cm³/mol. The Balaban J connectivity index is 1.64. The van der Waals surface area contributed by atoms with Gasteiger partial charge in [-0.25, -0.2) is 0 Å². The van der Waals surface area contributed by atoms with E-state index in [0.29, 0.717) is 20.9 Å². The molecular formula is C18H14N2O4S2. The molecule has 2 aromatic heterocycles. The molecule has 0 aliphatic rings. The van der Waals surface area contributed by atoms with Gasteiger partial charge < -0.3 is 5.32 Å². The molecule has 0 unspecified atom stereocenters. The Morgan fingerprint density at radius 3 is 2.62 bits per heavy atom. The third kappa shape index (κ3) is 3.87. The van der Waals surface area contributed by atoms with Gasteiger partial charge in [0.1, 0.15) is 0 Å². The highest BCUT2D eigenvalue weighted by atomic mass is 32.1. The molecule has 0 atom stereocenters. The fraction of sp³-hybridized carbons (Fsp3) is 0.111. The van der Waals surface area contributed by atoms with Crippen molar-refractivity contribution in [2.24, 2.45) is 0 Å². The number of aryl methyl sites for hydroxylation is 1. The summed E-state index contributed by atoms with van der Waals surface area (Å²) in [6.45, 7) is 1.88. The Kier molecular flexibility index (Phi) is 5.24. The van der Waals surface area contributed by atoms with E-state index < -0.39 is 4.92 Å². The molecule has 0 radical (unpaired) electrons. The molecule has 0 bridgehead atoms. The molecule has 8 heteroatoms. The van der Waals surface area contributed by atoms with Gasteiger partial charge >= 0.3 is 0 Å². The van der Waals surface area contributed by atoms with Gasteiger partial charge in [-0.15, -0.1) is 22.7 Å². The summed E-state index contributed by atoms with van der Waals surface area (Å²) in [6.07, 6.45) is 0. The molecule has 3 rings (SSSR count). The van der Waals surface area contributed by atoms with Crippen LogP contribution in [0, 0.1) is 17.0 Å². The molecule has 2 heterocycles. The Morgan fingerprint density at radius 2 is 1.96 bits per heavy atom. The van der Waals surface area contributed by atoms with Crippen LogP contribution in [0.4, 0.5) is 5.69 Å². The number of nitro benzene ring substituents is 1. The fourth-order valence-electron chi connectivity index (χ4n) is 2.40. The van der Waals surface area contributed by atoms with Crippen LogP contribution in [0.2, 0.25) is 0 Å². The molecule has 1 aromatic carbocycles. The molecule has 0 aliphatic heterocycles. The first-order chi connectivity index (χ1) is 12.5. The van der Waals surface area contributed by atoms with Crippen molar-refractivity contribution in [2.75, 3.05) is 0 Å². The normalized spacial score (nSPS) is 10.5. The second-order valence-electron chi connectivity index (χ2n) is 5.51. The number of carbonyl (C=O) groups excluding carboxylic acids is 2. The van der Waals surface area contributed by atoms with Crippen molar-refractivity contribution in [1.82, 2.24) is 5.32 Å². The first-order valence-electron chi connectivity index (χ1n) is 7.66. The second kappa shape index (κ2) is 7.59. The number of thiophene rings is 2. The highest BCUT2D eigenvalue weighted by Crippen LogP contribution is 2.23. The Labute approximate surface area is 157 Å². The maximum atomic E-state index is 12.3. The van der Waals surface area contributed by atoms with E-state index in [0.717, 1.165) is 4.88 Å². The minimum Gasteiger partial charge on any atom is -0.347 e. The maximum Gasteiger partial charge on any atom is 0.272 e. The van der Waals surface area contributed by atoms with E-state index in [2.05, 4.69) is 5.32 Å². The molecule has 0 fully saturated rings. The standard InChI is InChI=1S/C18H14N2O4S2/c1-11-9-12(4-6-14(11)20(23)24)18(22)19-10-13-5-7-16(26-13)17(21)15-3-2-8-25-15/h2-9H,10H2,1H3,(H,19,22). The molecule has 0 saturated carbocycles.